The number of piperidine rings is 1. The van der Waals surface area contributed by atoms with Crippen molar-refractivity contribution >= 4 is 23.7 Å². The van der Waals surface area contributed by atoms with E-state index in [1.54, 1.807) is 11.8 Å². The molecule has 0 N–H and O–H groups in total. The molecule has 0 radical (unpaired) electrons. The van der Waals surface area contributed by atoms with Crippen LogP contribution < -0.4 is 0 Å². The number of benzene rings is 2. The molecule has 29 heavy (non-hydrogen) atoms. The molecule has 0 saturated carbocycles. The van der Waals surface area contributed by atoms with Crippen LogP contribution in [0.1, 0.15) is 30.9 Å². The van der Waals surface area contributed by atoms with Crippen LogP contribution >= 0.6 is 11.6 Å². The van der Waals surface area contributed by atoms with Gasteiger partial charge in [0.2, 0.25) is 0 Å². The Bertz CT molecular complexity index is 809. The topological polar surface area (TPSA) is 55.8 Å². The Morgan fingerprint density at radius 3 is 2.45 bits per heavy atom. The van der Waals surface area contributed by atoms with E-state index in [0.29, 0.717) is 31.0 Å². The number of ether oxygens (including phenoxy) is 2. The zero-order valence-electron chi connectivity index (χ0n) is 16.6. The van der Waals surface area contributed by atoms with E-state index in [0.717, 1.165) is 17.5 Å². The van der Waals surface area contributed by atoms with E-state index in [4.69, 9.17) is 21.1 Å². The summed E-state index contributed by atoms with van der Waals surface area (Å²) in [5.41, 5.74) is 1.94. The van der Waals surface area contributed by atoms with Gasteiger partial charge in [0.1, 0.15) is 6.61 Å². The van der Waals surface area contributed by atoms with Crippen molar-refractivity contribution < 1.29 is 19.1 Å². The lowest BCUT2D eigenvalue weighted by Crippen LogP contribution is -2.52. The van der Waals surface area contributed by atoms with Gasteiger partial charge < -0.3 is 14.4 Å². The fourth-order valence-corrected chi connectivity index (χ4v) is 3.85. The lowest BCUT2D eigenvalue weighted by Gasteiger charge is -2.39. The molecular weight excluding hydrogens is 390 g/mol. The minimum atomic E-state index is -0.401. The molecule has 154 valence electrons. The highest BCUT2D eigenvalue weighted by atomic mass is 35.5. The number of carbonyl (C=O) groups is 2. The lowest BCUT2D eigenvalue weighted by atomic mass is 9.85. The highest BCUT2D eigenvalue weighted by molar-refractivity contribution is 6.30. The van der Waals surface area contributed by atoms with Crippen molar-refractivity contribution in [2.75, 3.05) is 13.2 Å². The van der Waals surface area contributed by atoms with Crippen LogP contribution in [-0.4, -0.2) is 36.2 Å². The molecule has 1 fully saturated rings. The number of esters is 1. The Kier molecular flexibility index (Phi) is 7.53. The number of amides is 1. The largest absolute Gasteiger partial charge is 0.466 e. The van der Waals surface area contributed by atoms with Crippen LogP contribution in [0.5, 0.6) is 0 Å². The third kappa shape index (κ3) is 5.73. The van der Waals surface area contributed by atoms with Crippen molar-refractivity contribution in [3.63, 3.8) is 0 Å². The minimum Gasteiger partial charge on any atom is -0.466 e. The lowest BCUT2D eigenvalue weighted by molar-refractivity contribution is -0.151. The van der Waals surface area contributed by atoms with E-state index in [1.165, 1.54) is 0 Å². The maximum Gasteiger partial charge on any atom is 0.410 e. The van der Waals surface area contributed by atoms with E-state index in [9.17, 15) is 9.59 Å². The third-order valence-electron chi connectivity index (χ3n) is 5.17. The molecule has 2 aromatic rings. The fraction of sp³-hybridized carbons (Fsp3) is 0.391. The standard InChI is InChI=1S/C23H26ClNO4/c1-2-28-22(26)20-9-6-14-25(21(20)15-17-10-12-19(24)13-11-17)23(27)29-16-18-7-4-3-5-8-18/h3-5,7-8,10-13,20-21H,2,6,9,14-16H2,1H3. The number of likely N-dealkylation sites (tertiary alicyclic amines) is 1. The molecule has 5 nitrogen and oxygen atoms in total. The smallest absolute Gasteiger partial charge is 0.410 e. The van der Waals surface area contributed by atoms with Gasteiger partial charge in [-0.2, -0.15) is 0 Å². The molecule has 3 rings (SSSR count). The molecule has 2 aromatic carbocycles. The second-order valence-electron chi connectivity index (χ2n) is 7.13. The van der Waals surface area contributed by atoms with Crippen LogP contribution in [0.25, 0.3) is 0 Å². The van der Waals surface area contributed by atoms with Crippen LogP contribution in [0.15, 0.2) is 54.6 Å². The summed E-state index contributed by atoms with van der Waals surface area (Å²) < 4.78 is 10.8. The first-order chi connectivity index (χ1) is 14.1. The first-order valence-electron chi connectivity index (χ1n) is 9.97. The molecule has 1 aliphatic rings. The minimum absolute atomic E-state index is 0.202. The molecule has 0 bridgehead atoms. The zero-order chi connectivity index (χ0) is 20.6. The molecule has 1 aliphatic heterocycles. The average Bonchev–Trinajstić information content (AvgIpc) is 2.74. The normalized spacial score (nSPS) is 18.9. The summed E-state index contributed by atoms with van der Waals surface area (Å²) in [7, 11) is 0. The predicted molar refractivity (Wildman–Crippen MR) is 112 cm³/mol. The Hall–Kier alpha value is -2.53. The van der Waals surface area contributed by atoms with Gasteiger partial charge in [-0.25, -0.2) is 4.79 Å². The maximum atomic E-state index is 12.9. The molecule has 0 aromatic heterocycles. The first-order valence-corrected chi connectivity index (χ1v) is 10.3. The molecular formula is C23H26ClNO4. The third-order valence-corrected chi connectivity index (χ3v) is 5.42. The number of nitrogens with zero attached hydrogens (tertiary/aromatic N) is 1. The SMILES string of the molecule is CCOC(=O)C1CCCN(C(=O)OCc2ccccc2)C1Cc1ccc(Cl)cc1. The first kappa shape index (κ1) is 21.2. The number of rotatable bonds is 6. The average molecular weight is 416 g/mol. The van der Waals surface area contributed by atoms with Crippen molar-refractivity contribution in [3.8, 4) is 0 Å². The number of hydrogen-bond donors (Lipinski definition) is 0. The van der Waals surface area contributed by atoms with Gasteiger partial charge in [-0.3, -0.25) is 4.79 Å². The molecule has 2 atom stereocenters. The summed E-state index contributed by atoms with van der Waals surface area (Å²) in [5.74, 6) is -0.629. The van der Waals surface area contributed by atoms with Gasteiger partial charge in [-0.15, -0.1) is 0 Å². The summed E-state index contributed by atoms with van der Waals surface area (Å²) in [6.45, 7) is 2.87. The number of carbonyl (C=O) groups excluding carboxylic acids is 2. The van der Waals surface area contributed by atoms with Gasteiger partial charge in [0.05, 0.1) is 18.6 Å². The van der Waals surface area contributed by atoms with Gasteiger partial charge in [0.15, 0.2) is 0 Å². The van der Waals surface area contributed by atoms with Crippen molar-refractivity contribution in [2.45, 2.75) is 38.8 Å². The van der Waals surface area contributed by atoms with Crippen molar-refractivity contribution in [3.05, 3.63) is 70.7 Å². The van der Waals surface area contributed by atoms with Gasteiger partial charge in [-0.1, -0.05) is 54.1 Å². The van der Waals surface area contributed by atoms with Crippen LogP contribution in [-0.2, 0) is 27.3 Å². The second-order valence-corrected chi connectivity index (χ2v) is 7.57. The van der Waals surface area contributed by atoms with Crippen LogP contribution in [0.2, 0.25) is 5.02 Å². The summed E-state index contributed by atoms with van der Waals surface area (Å²) in [5, 5.41) is 0.651. The molecule has 0 aliphatic carbocycles. The monoisotopic (exact) mass is 415 g/mol. The number of halogens is 1. The van der Waals surface area contributed by atoms with Crippen LogP contribution in [0.3, 0.4) is 0 Å². The van der Waals surface area contributed by atoms with Gasteiger partial charge in [0.25, 0.3) is 0 Å². The predicted octanol–water partition coefficient (Wildman–Crippen LogP) is 4.86. The second kappa shape index (κ2) is 10.3. The van der Waals surface area contributed by atoms with E-state index in [-0.39, 0.29) is 24.5 Å². The fourth-order valence-electron chi connectivity index (χ4n) is 3.72. The Labute approximate surface area is 176 Å². The summed E-state index contributed by atoms with van der Waals surface area (Å²) in [6.07, 6.45) is 1.57. The van der Waals surface area contributed by atoms with Gasteiger partial charge >= 0.3 is 12.1 Å². The maximum absolute atomic E-state index is 12.9. The van der Waals surface area contributed by atoms with E-state index in [1.807, 2.05) is 54.6 Å². The van der Waals surface area contributed by atoms with Gasteiger partial charge in [0, 0.05) is 11.6 Å². The molecule has 6 heteroatoms. The quantitative estimate of drug-likeness (QED) is 0.632. The highest BCUT2D eigenvalue weighted by Crippen LogP contribution is 2.29. The molecule has 1 amide bonds. The van der Waals surface area contributed by atoms with Crippen LogP contribution in [0.4, 0.5) is 4.79 Å². The number of hydrogen-bond acceptors (Lipinski definition) is 4. The van der Waals surface area contributed by atoms with E-state index >= 15 is 0 Å². The van der Waals surface area contributed by atoms with E-state index < -0.39 is 6.09 Å². The van der Waals surface area contributed by atoms with Crippen molar-refractivity contribution in [1.82, 2.24) is 4.90 Å². The molecule has 0 spiro atoms. The molecule has 1 saturated heterocycles. The van der Waals surface area contributed by atoms with E-state index in [2.05, 4.69) is 0 Å². The Balaban J connectivity index is 1.76. The summed E-state index contributed by atoms with van der Waals surface area (Å²) in [4.78, 5) is 27.1. The van der Waals surface area contributed by atoms with Crippen molar-refractivity contribution in [1.29, 1.82) is 0 Å². The zero-order valence-corrected chi connectivity index (χ0v) is 17.3. The Morgan fingerprint density at radius 2 is 1.76 bits per heavy atom. The highest BCUT2D eigenvalue weighted by Gasteiger charge is 2.39. The molecule has 2 unspecified atom stereocenters. The van der Waals surface area contributed by atoms with Gasteiger partial charge in [-0.05, 0) is 49.4 Å². The summed E-state index contributed by atoms with van der Waals surface area (Å²) >= 11 is 5.99. The Morgan fingerprint density at radius 1 is 1.03 bits per heavy atom. The molecule has 1 heterocycles. The van der Waals surface area contributed by atoms with Crippen LogP contribution in [0, 0.1) is 5.92 Å². The van der Waals surface area contributed by atoms with Crippen molar-refractivity contribution in [2.24, 2.45) is 5.92 Å². The summed E-state index contributed by atoms with van der Waals surface area (Å²) in [6, 6.07) is 16.7.